The molecular formula is C20H32N4O. The summed E-state index contributed by atoms with van der Waals surface area (Å²) in [6.45, 7) is 16.1. The number of hydrazone groups is 2. The predicted octanol–water partition coefficient (Wildman–Crippen LogP) is 4.60. The Hall–Kier alpha value is -2.17. The maximum absolute atomic E-state index is 11.0. The van der Waals surface area contributed by atoms with Gasteiger partial charge in [-0.3, -0.25) is 10.2 Å². The van der Waals surface area contributed by atoms with Crippen LogP contribution in [0.3, 0.4) is 0 Å². The number of amides is 1. The third-order valence-corrected chi connectivity index (χ3v) is 4.40. The van der Waals surface area contributed by atoms with Gasteiger partial charge in [0.15, 0.2) is 0 Å². The number of hydrogen-bond donors (Lipinski definition) is 2. The Bertz CT molecular complexity index is 649. The lowest BCUT2D eigenvalue weighted by Crippen LogP contribution is -2.27. The zero-order chi connectivity index (χ0) is 19.3. The molecule has 0 fully saturated rings. The summed E-state index contributed by atoms with van der Waals surface area (Å²) < 4.78 is 0. The van der Waals surface area contributed by atoms with Gasteiger partial charge in [-0.15, -0.1) is 0 Å². The van der Waals surface area contributed by atoms with Gasteiger partial charge in [0.05, 0.1) is 5.69 Å². The summed E-state index contributed by atoms with van der Waals surface area (Å²) in [5.41, 5.74) is 9.68. The fourth-order valence-corrected chi connectivity index (χ4v) is 1.97. The average Bonchev–Trinajstić information content (AvgIpc) is 2.50. The fraction of sp³-hybridized carbons (Fsp3) is 0.550. The largest absolute Gasteiger partial charge is 0.279 e. The van der Waals surface area contributed by atoms with Crippen molar-refractivity contribution in [2.45, 2.75) is 61.8 Å². The van der Waals surface area contributed by atoms with Crippen molar-refractivity contribution in [1.29, 1.82) is 0 Å². The minimum absolute atomic E-state index is 0.0573. The fourth-order valence-electron chi connectivity index (χ4n) is 1.97. The Kier molecular flexibility index (Phi) is 6.91. The van der Waals surface area contributed by atoms with Crippen LogP contribution < -0.4 is 10.9 Å². The van der Waals surface area contributed by atoms with Gasteiger partial charge in [-0.1, -0.05) is 46.8 Å². The second-order valence-corrected chi connectivity index (χ2v) is 8.18. The maximum Gasteiger partial charge on any atom is 0.236 e. The molecule has 0 radical (unpaired) electrons. The van der Waals surface area contributed by atoms with Crippen LogP contribution in [0.4, 0.5) is 5.69 Å². The van der Waals surface area contributed by atoms with Gasteiger partial charge in [0.2, 0.25) is 5.91 Å². The lowest BCUT2D eigenvalue weighted by atomic mass is 9.82. The lowest BCUT2D eigenvalue weighted by molar-refractivity contribution is -0.118. The van der Waals surface area contributed by atoms with Gasteiger partial charge in [0.25, 0.3) is 0 Å². The molecular weight excluding hydrogens is 312 g/mol. The average molecular weight is 345 g/mol. The number of rotatable bonds is 6. The zero-order valence-electron chi connectivity index (χ0n) is 16.8. The van der Waals surface area contributed by atoms with Crippen molar-refractivity contribution in [1.82, 2.24) is 5.43 Å². The molecule has 0 aliphatic carbocycles. The summed E-state index contributed by atoms with van der Waals surface area (Å²) in [6, 6.07) is 8.26. The topological polar surface area (TPSA) is 65.8 Å². The van der Waals surface area contributed by atoms with Gasteiger partial charge in [0.1, 0.15) is 0 Å². The first-order valence-corrected chi connectivity index (χ1v) is 8.63. The quantitative estimate of drug-likeness (QED) is 0.585. The first-order valence-electron chi connectivity index (χ1n) is 8.63. The van der Waals surface area contributed by atoms with Crippen molar-refractivity contribution in [2.75, 3.05) is 5.43 Å². The van der Waals surface area contributed by atoms with E-state index >= 15 is 0 Å². The molecule has 0 saturated carbocycles. The van der Waals surface area contributed by atoms with Gasteiger partial charge in [-0.05, 0) is 38.0 Å². The molecule has 0 unspecified atom stereocenters. The molecule has 0 saturated heterocycles. The molecule has 0 atom stereocenters. The number of anilines is 1. The lowest BCUT2D eigenvalue weighted by Gasteiger charge is -2.24. The highest BCUT2D eigenvalue weighted by Gasteiger charge is 2.22. The summed E-state index contributed by atoms with van der Waals surface area (Å²) in [5.74, 6) is -0.156. The van der Waals surface area contributed by atoms with E-state index in [1.165, 1.54) is 12.5 Å². The number of benzene rings is 1. The number of hydrogen-bond acceptors (Lipinski definition) is 4. The molecule has 1 amide bonds. The molecule has 5 heteroatoms. The number of nitrogens with zero attached hydrogens (tertiary/aromatic N) is 2. The molecule has 0 bridgehead atoms. The molecule has 0 aliphatic rings. The molecule has 0 aliphatic heterocycles. The maximum atomic E-state index is 11.0. The van der Waals surface area contributed by atoms with E-state index in [2.05, 4.69) is 67.8 Å². The monoisotopic (exact) mass is 344 g/mol. The molecule has 1 aromatic rings. The summed E-state index contributed by atoms with van der Waals surface area (Å²) in [4.78, 5) is 11.0. The van der Waals surface area contributed by atoms with Gasteiger partial charge >= 0.3 is 0 Å². The van der Waals surface area contributed by atoms with E-state index < -0.39 is 0 Å². The van der Waals surface area contributed by atoms with Gasteiger partial charge in [-0.25, -0.2) is 5.43 Å². The van der Waals surface area contributed by atoms with Crippen LogP contribution in [-0.4, -0.2) is 17.3 Å². The predicted molar refractivity (Wildman–Crippen MR) is 107 cm³/mol. The van der Waals surface area contributed by atoms with Crippen molar-refractivity contribution in [3.8, 4) is 0 Å². The standard InChI is InChI=1S/C20H32N4O/c1-14(19(4,5)6)21-24-18-11-9-17(10-12-18)13-20(7,8)15(2)22-23-16(3)25/h9-12,24H,13H2,1-8H3,(H,23,25)/b21-14+,22-15+. The van der Waals surface area contributed by atoms with E-state index in [1.807, 2.05) is 26.0 Å². The Labute approximate surface area is 152 Å². The molecule has 0 heterocycles. The van der Waals surface area contributed by atoms with Crippen LogP contribution in [0.1, 0.15) is 61.0 Å². The van der Waals surface area contributed by atoms with Gasteiger partial charge < -0.3 is 0 Å². The van der Waals surface area contributed by atoms with Crippen LogP contribution in [0.25, 0.3) is 0 Å². The highest BCUT2D eigenvalue weighted by Crippen LogP contribution is 2.25. The minimum atomic E-state index is -0.156. The number of carbonyl (C=O) groups is 1. The first kappa shape index (κ1) is 20.9. The van der Waals surface area contributed by atoms with Crippen molar-refractivity contribution in [2.24, 2.45) is 21.0 Å². The van der Waals surface area contributed by atoms with E-state index in [4.69, 9.17) is 0 Å². The van der Waals surface area contributed by atoms with Crippen LogP contribution >= 0.6 is 0 Å². The van der Waals surface area contributed by atoms with Crippen LogP contribution in [0, 0.1) is 10.8 Å². The summed E-state index contributed by atoms with van der Waals surface area (Å²) in [6.07, 6.45) is 0.840. The Morgan fingerprint density at radius 3 is 1.96 bits per heavy atom. The highest BCUT2D eigenvalue weighted by atomic mass is 16.2. The minimum Gasteiger partial charge on any atom is -0.279 e. The van der Waals surface area contributed by atoms with Crippen LogP contribution in [0.15, 0.2) is 34.5 Å². The molecule has 0 spiro atoms. The third-order valence-electron chi connectivity index (χ3n) is 4.40. The van der Waals surface area contributed by atoms with Crippen molar-refractivity contribution >= 4 is 23.0 Å². The Morgan fingerprint density at radius 2 is 1.48 bits per heavy atom. The Balaban J connectivity index is 2.76. The van der Waals surface area contributed by atoms with Crippen LogP contribution in [0.2, 0.25) is 0 Å². The SMILES string of the molecule is CC(=O)N/N=C(\C)C(C)(C)Cc1ccc(N/N=C(\C)C(C)(C)C)cc1. The molecule has 1 rings (SSSR count). The normalized spacial score (nSPS) is 13.6. The summed E-state index contributed by atoms with van der Waals surface area (Å²) >= 11 is 0. The Morgan fingerprint density at radius 1 is 0.920 bits per heavy atom. The van der Waals surface area contributed by atoms with E-state index in [9.17, 15) is 4.79 Å². The van der Waals surface area contributed by atoms with Crippen molar-refractivity contribution in [3.05, 3.63) is 29.8 Å². The molecule has 0 aromatic heterocycles. The molecule has 25 heavy (non-hydrogen) atoms. The second-order valence-electron chi connectivity index (χ2n) is 8.18. The molecule has 1 aromatic carbocycles. The van der Waals surface area contributed by atoms with E-state index in [0.29, 0.717) is 0 Å². The summed E-state index contributed by atoms with van der Waals surface area (Å²) in [7, 11) is 0. The zero-order valence-corrected chi connectivity index (χ0v) is 16.8. The molecule has 2 N–H and O–H groups in total. The van der Waals surface area contributed by atoms with E-state index in [0.717, 1.165) is 23.5 Å². The smallest absolute Gasteiger partial charge is 0.236 e. The van der Waals surface area contributed by atoms with Crippen LogP contribution in [0.5, 0.6) is 0 Å². The number of carbonyl (C=O) groups excluding carboxylic acids is 1. The first-order chi connectivity index (χ1) is 11.4. The van der Waals surface area contributed by atoms with Crippen LogP contribution in [-0.2, 0) is 11.2 Å². The van der Waals surface area contributed by atoms with Gasteiger partial charge in [-0.2, -0.15) is 10.2 Å². The van der Waals surface area contributed by atoms with E-state index in [1.54, 1.807) is 0 Å². The van der Waals surface area contributed by atoms with Gasteiger partial charge in [0, 0.05) is 29.2 Å². The van der Waals surface area contributed by atoms with Crippen molar-refractivity contribution in [3.63, 3.8) is 0 Å². The number of nitrogens with one attached hydrogen (secondary N) is 2. The second kappa shape index (κ2) is 8.28. The highest BCUT2D eigenvalue weighted by molar-refractivity contribution is 5.89. The molecule has 138 valence electrons. The molecule has 5 nitrogen and oxygen atoms in total. The van der Waals surface area contributed by atoms with E-state index in [-0.39, 0.29) is 16.7 Å². The third kappa shape index (κ3) is 7.08. The van der Waals surface area contributed by atoms with Crippen molar-refractivity contribution < 1.29 is 4.79 Å². The summed E-state index contributed by atoms with van der Waals surface area (Å²) in [5, 5.41) is 8.61.